The van der Waals surface area contributed by atoms with Crippen molar-refractivity contribution in [1.82, 2.24) is 19.9 Å². The Labute approximate surface area is 232 Å². The Morgan fingerprint density at radius 3 is 2.48 bits per heavy atom. The molecular formula is C32H33F2N5O. The Bertz CT molecular complexity index is 1600. The topological polar surface area (TPSA) is 54.4 Å². The molecule has 4 fully saturated rings. The zero-order valence-electron chi connectivity index (χ0n) is 22.6. The molecule has 0 amide bonds. The second-order valence-corrected chi connectivity index (χ2v) is 12.3. The number of pyridine rings is 1. The largest absolute Gasteiger partial charge is 0.461 e. The Morgan fingerprint density at radius 1 is 0.950 bits per heavy atom. The summed E-state index contributed by atoms with van der Waals surface area (Å²) in [5, 5.41) is 1.64. The lowest BCUT2D eigenvalue weighted by Crippen LogP contribution is -2.43. The number of hydrogen-bond acceptors (Lipinski definition) is 6. The first kappa shape index (κ1) is 24.4. The molecule has 2 unspecified atom stereocenters. The summed E-state index contributed by atoms with van der Waals surface area (Å²) >= 11 is 0. The Hall–Kier alpha value is -3.39. The SMILES string of the molecule is Fc1c(-c2cccc3cccc(F)c23)ncc2c(N3CC4CCC(C4)C3)nc(OCC34CCCN3CCC4)nc12. The molecular weight excluding hydrogens is 508 g/mol. The van der Waals surface area contributed by atoms with E-state index in [0.29, 0.717) is 46.0 Å². The predicted octanol–water partition coefficient (Wildman–Crippen LogP) is 6.37. The zero-order valence-corrected chi connectivity index (χ0v) is 22.6. The molecule has 2 aromatic carbocycles. The molecule has 0 radical (unpaired) electrons. The van der Waals surface area contributed by atoms with Crippen molar-refractivity contribution < 1.29 is 13.5 Å². The first-order chi connectivity index (χ1) is 19.6. The lowest BCUT2D eigenvalue weighted by Gasteiger charge is -2.34. The van der Waals surface area contributed by atoms with Crippen molar-refractivity contribution in [2.45, 2.75) is 50.5 Å². The first-order valence-corrected chi connectivity index (χ1v) is 14.7. The Balaban J connectivity index is 1.25. The smallest absolute Gasteiger partial charge is 0.319 e. The predicted molar refractivity (Wildman–Crippen MR) is 152 cm³/mol. The van der Waals surface area contributed by atoms with Crippen molar-refractivity contribution in [2.24, 2.45) is 11.8 Å². The molecule has 0 spiro atoms. The van der Waals surface area contributed by atoms with Gasteiger partial charge in [0, 0.05) is 30.2 Å². The molecule has 2 atom stereocenters. The van der Waals surface area contributed by atoms with Crippen molar-refractivity contribution in [1.29, 1.82) is 0 Å². The summed E-state index contributed by atoms with van der Waals surface area (Å²) in [6.45, 7) is 4.52. The van der Waals surface area contributed by atoms with Gasteiger partial charge in [-0.25, -0.2) is 8.78 Å². The van der Waals surface area contributed by atoms with Crippen LogP contribution in [0.2, 0.25) is 0 Å². The number of fused-ring (bicyclic) bond motifs is 5. The number of hydrogen-bond donors (Lipinski definition) is 0. The highest BCUT2D eigenvalue weighted by molar-refractivity contribution is 5.99. The van der Waals surface area contributed by atoms with Crippen molar-refractivity contribution >= 4 is 27.5 Å². The van der Waals surface area contributed by atoms with E-state index in [-0.39, 0.29) is 22.8 Å². The van der Waals surface area contributed by atoms with E-state index in [4.69, 9.17) is 9.72 Å². The highest BCUT2D eigenvalue weighted by atomic mass is 19.1. The van der Waals surface area contributed by atoms with Gasteiger partial charge in [-0.2, -0.15) is 9.97 Å². The zero-order chi connectivity index (χ0) is 26.8. The number of halogens is 2. The van der Waals surface area contributed by atoms with E-state index in [2.05, 4.69) is 19.8 Å². The molecule has 4 aromatic rings. The molecule has 1 aliphatic carbocycles. The molecule has 8 heteroatoms. The molecule has 8 rings (SSSR count). The molecule has 6 nitrogen and oxygen atoms in total. The molecule has 1 saturated carbocycles. The van der Waals surface area contributed by atoms with Crippen molar-refractivity contribution in [3.8, 4) is 17.3 Å². The third-order valence-corrected chi connectivity index (χ3v) is 9.94. The van der Waals surface area contributed by atoms with E-state index >= 15 is 4.39 Å². The second-order valence-electron chi connectivity index (χ2n) is 12.3. The fourth-order valence-corrected chi connectivity index (χ4v) is 8.05. The van der Waals surface area contributed by atoms with Gasteiger partial charge < -0.3 is 9.64 Å². The third-order valence-electron chi connectivity index (χ3n) is 9.94. The Kier molecular flexibility index (Phi) is 5.69. The lowest BCUT2D eigenvalue weighted by atomic mass is 9.95. The van der Waals surface area contributed by atoms with Gasteiger partial charge in [-0.1, -0.05) is 30.3 Å². The quantitative estimate of drug-likeness (QED) is 0.293. The molecule has 40 heavy (non-hydrogen) atoms. The first-order valence-electron chi connectivity index (χ1n) is 14.7. The van der Waals surface area contributed by atoms with Crippen LogP contribution in [-0.4, -0.2) is 58.2 Å². The van der Waals surface area contributed by atoms with Crippen LogP contribution < -0.4 is 9.64 Å². The summed E-state index contributed by atoms with van der Waals surface area (Å²) < 4.78 is 37.8. The second kappa shape index (κ2) is 9.33. The van der Waals surface area contributed by atoms with Gasteiger partial charge in [-0.3, -0.25) is 9.88 Å². The minimum absolute atomic E-state index is 0.0329. The van der Waals surface area contributed by atoms with Gasteiger partial charge >= 0.3 is 6.01 Å². The molecule has 3 saturated heterocycles. The molecule has 3 aliphatic heterocycles. The van der Waals surface area contributed by atoms with Crippen LogP contribution in [0.5, 0.6) is 6.01 Å². The summed E-state index contributed by atoms with van der Waals surface area (Å²) in [5.74, 6) is 0.998. The van der Waals surface area contributed by atoms with E-state index in [1.165, 1.54) is 38.2 Å². The lowest BCUT2D eigenvalue weighted by molar-refractivity contribution is 0.108. The highest BCUT2D eigenvalue weighted by Gasteiger charge is 2.45. The average molecular weight is 542 g/mol. The summed E-state index contributed by atoms with van der Waals surface area (Å²) in [4.78, 5) is 19.0. The molecule has 2 aromatic heterocycles. The van der Waals surface area contributed by atoms with Crippen LogP contribution in [0.15, 0.2) is 42.6 Å². The minimum atomic E-state index is -0.566. The van der Waals surface area contributed by atoms with Gasteiger partial charge in [0.05, 0.1) is 10.9 Å². The molecule has 0 N–H and O–H groups in total. The summed E-state index contributed by atoms with van der Waals surface area (Å²) in [6.07, 6.45) is 9.95. The van der Waals surface area contributed by atoms with E-state index in [1.54, 1.807) is 24.4 Å². The number of rotatable bonds is 5. The number of nitrogens with zero attached hydrogens (tertiary/aromatic N) is 5. The maximum atomic E-state index is 16.5. The maximum Gasteiger partial charge on any atom is 0.319 e. The molecule has 4 aliphatic rings. The monoisotopic (exact) mass is 541 g/mol. The summed E-state index contributed by atoms with van der Waals surface area (Å²) in [6, 6.07) is 10.5. The van der Waals surface area contributed by atoms with Crippen LogP contribution in [0, 0.1) is 23.5 Å². The van der Waals surface area contributed by atoms with Crippen LogP contribution in [-0.2, 0) is 0 Å². The van der Waals surface area contributed by atoms with Crippen LogP contribution in [0.1, 0.15) is 44.9 Å². The van der Waals surface area contributed by atoms with E-state index < -0.39 is 11.6 Å². The number of benzene rings is 2. The van der Waals surface area contributed by atoms with Gasteiger partial charge in [-0.05, 0) is 81.3 Å². The van der Waals surface area contributed by atoms with E-state index in [9.17, 15) is 4.39 Å². The average Bonchev–Trinajstić information content (AvgIpc) is 3.65. The fraction of sp³-hybridized carbons (Fsp3) is 0.469. The molecule has 2 bridgehead atoms. The van der Waals surface area contributed by atoms with E-state index in [0.717, 1.165) is 39.0 Å². The number of anilines is 1. The van der Waals surface area contributed by atoms with Crippen LogP contribution in [0.25, 0.3) is 32.9 Å². The Morgan fingerprint density at radius 2 is 1.70 bits per heavy atom. The van der Waals surface area contributed by atoms with Crippen molar-refractivity contribution in [3.63, 3.8) is 0 Å². The van der Waals surface area contributed by atoms with Gasteiger partial charge in [-0.15, -0.1) is 0 Å². The van der Waals surface area contributed by atoms with Crippen LogP contribution >= 0.6 is 0 Å². The summed E-state index contributed by atoms with van der Waals surface area (Å²) in [7, 11) is 0. The minimum Gasteiger partial charge on any atom is -0.461 e. The van der Waals surface area contributed by atoms with Crippen molar-refractivity contribution in [2.75, 3.05) is 37.7 Å². The van der Waals surface area contributed by atoms with Crippen LogP contribution in [0.4, 0.5) is 14.6 Å². The standard InChI is InChI=1S/C32H33F2N5O/c33-25-8-2-6-22-5-1-7-23(26(22)25)28-27(34)29-24(16-35-28)30(38-17-20-9-10-21(15-20)18-38)37-31(36-29)40-19-32-11-3-13-39(32)14-4-12-32/h1-2,5-8,16,20-21H,3-4,9-15,17-19H2. The fourth-order valence-electron chi connectivity index (χ4n) is 8.05. The molecule has 206 valence electrons. The van der Waals surface area contributed by atoms with Gasteiger partial charge in [0.15, 0.2) is 5.82 Å². The van der Waals surface area contributed by atoms with Crippen molar-refractivity contribution in [3.05, 3.63) is 54.2 Å². The van der Waals surface area contributed by atoms with E-state index in [1.807, 2.05) is 12.1 Å². The maximum absolute atomic E-state index is 16.5. The molecule has 5 heterocycles. The normalized spacial score (nSPS) is 23.8. The number of piperidine rings is 1. The van der Waals surface area contributed by atoms with Gasteiger partial charge in [0.1, 0.15) is 29.5 Å². The number of aromatic nitrogens is 3. The van der Waals surface area contributed by atoms with Crippen LogP contribution in [0.3, 0.4) is 0 Å². The number of ether oxygens (including phenoxy) is 1. The van der Waals surface area contributed by atoms with Gasteiger partial charge in [0.25, 0.3) is 0 Å². The third kappa shape index (κ3) is 3.86. The highest BCUT2D eigenvalue weighted by Crippen LogP contribution is 2.42. The summed E-state index contributed by atoms with van der Waals surface area (Å²) in [5.41, 5.74) is 0.725. The van der Waals surface area contributed by atoms with Gasteiger partial charge in [0.2, 0.25) is 0 Å².